The van der Waals surface area contributed by atoms with E-state index in [0.29, 0.717) is 12.0 Å². The van der Waals surface area contributed by atoms with Gasteiger partial charge < -0.3 is 19.9 Å². The van der Waals surface area contributed by atoms with Crippen molar-refractivity contribution in [3.05, 3.63) is 23.3 Å². The average Bonchev–Trinajstić information content (AvgIpc) is 2.43. The van der Waals surface area contributed by atoms with E-state index in [2.05, 4.69) is 5.32 Å². The van der Waals surface area contributed by atoms with E-state index in [4.69, 9.17) is 20.2 Å². The van der Waals surface area contributed by atoms with E-state index in [-0.39, 0.29) is 22.8 Å². The summed E-state index contributed by atoms with van der Waals surface area (Å²) in [7, 11) is 1.77. The second kappa shape index (κ2) is 6.91. The zero-order valence-electron chi connectivity index (χ0n) is 13.9. The first-order valence-electron chi connectivity index (χ1n) is 7.40. The topological polar surface area (TPSA) is 125 Å². The van der Waals surface area contributed by atoms with Crippen molar-refractivity contribution in [2.45, 2.75) is 43.7 Å². The molecule has 1 aromatic rings. The predicted molar refractivity (Wildman–Crippen MR) is 92.6 cm³/mol. The number of hydrogen-bond donors (Lipinski definition) is 4. The van der Waals surface area contributed by atoms with Gasteiger partial charge >= 0.3 is 12.1 Å². The molecule has 0 bridgehead atoms. The fraction of sp³-hybridized carbons (Fsp3) is 0.467. The van der Waals surface area contributed by atoms with Crippen LogP contribution in [0.4, 0.5) is 4.79 Å². The molecule has 0 aliphatic carbocycles. The summed E-state index contributed by atoms with van der Waals surface area (Å²) in [4.78, 5) is 23.0. The van der Waals surface area contributed by atoms with Gasteiger partial charge in [-0.1, -0.05) is 9.80 Å². The third kappa shape index (κ3) is 4.91. The number of carboxylic acids is 1. The van der Waals surface area contributed by atoms with Gasteiger partial charge in [0.05, 0.1) is 23.1 Å². The molecule has 140 valence electrons. The molecule has 1 atom stereocenters. The summed E-state index contributed by atoms with van der Waals surface area (Å²) in [6.45, 7) is 5.43. The third-order valence-corrected chi connectivity index (χ3v) is 4.75. The molecule has 1 unspecified atom stereocenters. The maximum atomic E-state index is 12.0. The molecule has 1 aliphatic heterocycles. The van der Waals surface area contributed by atoms with Crippen molar-refractivity contribution >= 4 is 32.5 Å². The quantitative estimate of drug-likeness (QED) is 0.611. The van der Waals surface area contributed by atoms with Crippen molar-refractivity contribution in [1.82, 2.24) is 5.32 Å². The average molecular weight is 394 g/mol. The molecular formula is C15H20ClNO7S. The summed E-state index contributed by atoms with van der Waals surface area (Å²) in [5.41, 5.74) is -0.647. The van der Waals surface area contributed by atoms with Crippen LogP contribution in [0.1, 0.15) is 49.2 Å². The first-order valence-corrected chi connectivity index (χ1v) is 9.77. The number of amides is 1. The van der Waals surface area contributed by atoms with Crippen LogP contribution in [0.25, 0.3) is 0 Å². The predicted octanol–water partition coefficient (Wildman–Crippen LogP) is 4.00. The van der Waals surface area contributed by atoms with Gasteiger partial charge in [-0.25, -0.2) is 9.59 Å². The van der Waals surface area contributed by atoms with Crippen molar-refractivity contribution in [2.75, 3.05) is 6.61 Å². The lowest BCUT2D eigenvalue weighted by Crippen LogP contribution is -2.37. The largest absolute Gasteiger partial charge is 0.493 e. The number of hydrogen-bond acceptors (Lipinski definition) is 6. The van der Waals surface area contributed by atoms with Crippen molar-refractivity contribution in [3.8, 4) is 5.75 Å². The minimum absolute atomic E-state index is 0.230. The van der Waals surface area contributed by atoms with Crippen LogP contribution in [0.2, 0.25) is 0 Å². The number of rotatable bonds is 3. The molecular weight excluding hydrogens is 374 g/mol. The maximum absolute atomic E-state index is 12.0. The Kier molecular flexibility index (Phi) is 5.43. The van der Waals surface area contributed by atoms with Gasteiger partial charge in [0.15, 0.2) is 0 Å². The Hall–Kier alpha value is -1.68. The maximum Gasteiger partial charge on any atom is 0.408 e. The molecule has 1 heterocycles. The van der Waals surface area contributed by atoms with Crippen LogP contribution in [0, 0.1) is 0 Å². The third-order valence-electron chi connectivity index (χ3n) is 3.35. The SMILES string of the molecule is CC(C)(C)OC(=O)NC1CCOc2cc(C(=O)O)c(S(O)(O)Cl)cc21. The molecule has 0 fully saturated rings. The van der Waals surface area contributed by atoms with Crippen molar-refractivity contribution < 1.29 is 33.3 Å². The van der Waals surface area contributed by atoms with Crippen LogP contribution < -0.4 is 10.1 Å². The van der Waals surface area contributed by atoms with Crippen LogP contribution in [-0.4, -0.2) is 38.5 Å². The Morgan fingerprint density at radius 1 is 1.36 bits per heavy atom. The monoisotopic (exact) mass is 393 g/mol. The summed E-state index contributed by atoms with van der Waals surface area (Å²) in [5.74, 6) is -1.14. The van der Waals surface area contributed by atoms with Gasteiger partial charge in [-0.15, -0.1) is 0 Å². The first-order chi connectivity index (χ1) is 11.4. The molecule has 1 aliphatic rings. The zero-order chi connectivity index (χ0) is 19.0. The Bertz CT molecular complexity index is 696. The van der Waals surface area contributed by atoms with Crippen LogP contribution in [0.3, 0.4) is 0 Å². The lowest BCUT2D eigenvalue weighted by molar-refractivity contribution is 0.0489. The number of ether oxygens (including phenoxy) is 2. The second-order valence-electron chi connectivity index (χ2n) is 6.51. The van der Waals surface area contributed by atoms with Crippen LogP contribution in [0.5, 0.6) is 5.75 Å². The zero-order valence-corrected chi connectivity index (χ0v) is 15.5. The number of carboxylic acid groups (broad SMARTS) is 1. The Morgan fingerprint density at radius 3 is 2.52 bits per heavy atom. The van der Waals surface area contributed by atoms with E-state index in [0.717, 1.165) is 0 Å². The fourth-order valence-electron chi connectivity index (χ4n) is 2.40. The summed E-state index contributed by atoms with van der Waals surface area (Å²) in [6, 6.07) is 1.87. The van der Waals surface area contributed by atoms with Gasteiger partial charge in [0, 0.05) is 22.7 Å². The lowest BCUT2D eigenvalue weighted by atomic mass is 9.99. The van der Waals surface area contributed by atoms with Gasteiger partial charge in [0.25, 0.3) is 0 Å². The van der Waals surface area contributed by atoms with Gasteiger partial charge in [-0.05, 0) is 32.9 Å². The highest BCUT2D eigenvalue weighted by Gasteiger charge is 2.31. The molecule has 0 saturated heterocycles. The van der Waals surface area contributed by atoms with Gasteiger partial charge in [0.2, 0.25) is 0 Å². The molecule has 2 rings (SSSR count). The number of nitrogens with one attached hydrogen (secondary N) is 1. The van der Waals surface area contributed by atoms with Crippen LogP contribution in [0.15, 0.2) is 17.0 Å². The van der Waals surface area contributed by atoms with E-state index < -0.39 is 33.5 Å². The van der Waals surface area contributed by atoms with Crippen molar-refractivity contribution in [3.63, 3.8) is 0 Å². The molecule has 1 amide bonds. The van der Waals surface area contributed by atoms with Crippen LogP contribution in [-0.2, 0) is 4.74 Å². The molecule has 0 aromatic heterocycles. The number of alkyl carbamates (subject to hydrolysis) is 1. The molecule has 0 saturated carbocycles. The molecule has 10 heteroatoms. The summed E-state index contributed by atoms with van der Waals surface area (Å²) >= 11 is 0. The fourth-order valence-corrected chi connectivity index (χ4v) is 3.48. The molecule has 8 nitrogen and oxygen atoms in total. The van der Waals surface area contributed by atoms with Gasteiger partial charge in [0.1, 0.15) is 11.4 Å². The van der Waals surface area contributed by atoms with Crippen molar-refractivity contribution in [1.29, 1.82) is 0 Å². The van der Waals surface area contributed by atoms with Crippen molar-refractivity contribution in [2.24, 2.45) is 0 Å². The Balaban J connectivity index is 2.40. The highest BCUT2D eigenvalue weighted by Crippen LogP contribution is 2.56. The number of carbonyl (C=O) groups is 2. The van der Waals surface area contributed by atoms with E-state index in [1.807, 2.05) is 0 Å². The highest BCUT2D eigenvalue weighted by atomic mass is 35.7. The molecule has 4 N–H and O–H groups in total. The van der Waals surface area contributed by atoms with E-state index in [1.165, 1.54) is 12.1 Å². The summed E-state index contributed by atoms with van der Waals surface area (Å²) < 4.78 is 30.1. The minimum atomic E-state index is -3.80. The number of halogens is 1. The number of fused-ring (bicyclic) bond motifs is 1. The molecule has 25 heavy (non-hydrogen) atoms. The number of aromatic carboxylic acids is 1. The van der Waals surface area contributed by atoms with Crippen LogP contribution >= 0.6 is 20.5 Å². The Labute approximate surface area is 150 Å². The van der Waals surface area contributed by atoms with E-state index >= 15 is 0 Å². The lowest BCUT2D eigenvalue weighted by Gasteiger charge is -2.31. The summed E-state index contributed by atoms with van der Waals surface area (Å²) in [6.07, 6.45) is -0.244. The second-order valence-corrected chi connectivity index (χ2v) is 9.20. The molecule has 0 spiro atoms. The molecule has 0 radical (unpaired) electrons. The Morgan fingerprint density at radius 2 is 2.00 bits per heavy atom. The standard InChI is InChI=1S/C15H20ClNO7S/c1-15(2,3)24-14(20)17-10-4-5-23-11-6-9(13(18)19)12(7-8(10)11)25(16,21)22/h6-7,10,21-22H,4-5H2,1-3H3,(H,17,20)(H,18,19). The number of benzene rings is 1. The first kappa shape index (κ1) is 19.6. The van der Waals surface area contributed by atoms with E-state index in [1.54, 1.807) is 20.8 Å². The normalized spacial score (nSPS) is 17.9. The van der Waals surface area contributed by atoms with Gasteiger partial charge in [-0.3, -0.25) is 9.11 Å². The smallest absolute Gasteiger partial charge is 0.408 e. The van der Waals surface area contributed by atoms with Gasteiger partial charge in [-0.2, -0.15) is 0 Å². The number of carbonyl (C=O) groups excluding carboxylic acids is 1. The highest BCUT2D eigenvalue weighted by molar-refractivity contribution is 8.43. The minimum Gasteiger partial charge on any atom is -0.493 e. The molecule has 1 aromatic carbocycles. The van der Waals surface area contributed by atoms with E-state index in [9.17, 15) is 23.8 Å². The summed E-state index contributed by atoms with van der Waals surface area (Å²) in [5, 5.41) is 11.9.